The molecule has 0 saturated carbocycles. The maximum Gasteiger partial charge on any atom is 0.327 e. The quantitative estimate of drug-likeness (QED) is 0.785. The Hall–Kier alpha value is -0.390. The number of carboxylic acids is 1. The van der Waals surface area contributed by atoms with Gasteiger partial charge in [-0.15, -0.1) is 11.8 Å². The van der Waals surface area contributed by atoms with Crippen molar-refractivity contribution in [3.05, 3.63) is 9.90 Å². The topological polar surface area (TPSA) is 66.4 Å². The van der Waals surface area contributed by atoms with Crippen LogP contribution in [0, 0.1) is 0 Å². The Morgan fingerprint density at radius 1 is 1.57 bits per heavy atom. The number of nitrogens with one attached hydrogen (secondary N) is 1. The van der Waals surface area contributed by atoms with E-state index < -0.39 is 12.0 Å². The predicted molar refractivity (Wildman–Crippen MR) is 57.5 cm³/mol. The lowest BCUT2D eigenvalue weighted by Gasteiger charge is -2.10. The Morgan fingerprint density at radius 3 is 2.50 bits per heavy atom. The number of hydrogen-bond donors (Lipinski definition) is 2. The summed E-state index contributed by atoms with van der Waals surface area (Å²) in [5.74, 6) is -1.30. The lowest BCUT2D eigenvalue weighted by atomic mass is 10.3. The van der Waals surface area contributed by atoms with E-state index in [1.54, 1.807) is 0 Å². The second kappa shape index (κ2) is 6.98. The smallest absolute Gasteiger partial charge is 0.327 e. The van der Waals surface area contributed by atoms with Gasteiger partial charge in [0.2, 0.25) is 5.91 Å². The van der Waals surface area contributed by atoms with Crippen LogP contribution in [0.15, 0.2) is 9.90 Å². The highest BCUT2D eigenvalue weighted by Crippen LogP contribution is 2.14. The highest BCUT2D eigenvalue weighted by molar-refractivity contribution is 8.02. The summed E-state index contributed by atoms with van der Waals surface area (Å²) < 4.78 is 0.0574. The number of halogens is 2. The third-order valence-corrected chi connectivity index (χ3v) is 2.52. The number of carboxylic acid groups (broad SMARTS) is 1. The van der Waals surface area contributed by atoms with Crippen molar-refractivity contribution in [3.63, 3.8) is 0 Å². The van der Waals surface area contributed by atoms with Crippen LogP contribution in [0.5, 0.6) is 0 Å². The molecule has 14 heavy (non-hydrogen) atoms. The standard InChI is InChI=1S/C7H9Cl2NO3S/c1-4(11)10-5(7(12)13)2-14-3-6(8)9/h3,5H,2H2,1H3,(H,10,11)(H,12,13). The van der Waals surface area contributed by atoms with Gasteiger partial charge in [0.05, 0.1) is 0 Å². The van der Waals surface area contributed by atoms with Gasteiger partial charge in [-0.3, -0.25) is 4.79 Å². The minimum atomic E-state index is -1.09. The summed E-state index contributed by atoms with van der Waals surface area (Å²) in [4.78, 5) is 21.2. The summed E-state index contributed by atoms with van der Waals surface area (Å²) in [7, 11) is 0. The molecule has 0 aliphatic heterocycles. The van der Waals surface area contributed by atoms with E-state index in [0.29, 0.717) is 0 Å². The number of carbonyl (C=O) groups is 2. The molecule has 1 amide bonds. The highest BCUT2D eigenvalue weighted by Gasteiger charge is 2.17. The van der Waals surface area contributed by atoms with Gasteiger partial charge in [0.25, 0.3) is 0 Å². The zero-order valence-electron chi connectivity index (χ0n) is 7.29. The lowest BCUT2D eigenvalue weighted by molar-refractivity contribution is -0.140. The Morgan fingerprint density at radius 2 is 2.14 bits per heavy atom. The van der Waals surface area contributed by atoms with E-state index in [0.717, 1.165) is 11.8 Å². The first-order valence-corrected chi connectivity index (χ1v) is 5.36. The molecule has 0 aromatic rings. The van der Waals surface area contributed by atoms with Crippen LogP contribution in [0.1, 0.15) is 6.92 Å². The number of amides is 1. The van der Waals surface area contributed by atoms with Gasteiger partial charge in [-0.05, 0) is 0 Å². The van der Waals surface area contributed by atoms with E-state index in [4.69, 9.17) is 28.3 Å². The van der Waals surface area contributed by atoms with Crippen LogP contribution < -0.4 is 5.32 Å². The largest absolute Gasteiger partial charge is 0.480 e. The number of rotatable bonds is 5. The van der Waals surface area contributed by atoms with Crippen LogP contribution in [0.3, 0.4) is 0 Å². The van der Waals surface area contributed by atoms with E-state index in [9.17, 15) is 9.59 Å². The molecule has 7 heteroatoms. The summed E-state index contributed by atoms with van der Waals surface area (Å²) in [5.41, 5.74) is 0. The van der Waals surface area contributed by atoms with Crippen molar-refractivity contribution in [2.75, 3.05) is 5.75 Å². The van der Waals surface area contributed by atoms with Gasteiger partial charge in [0.15, 0.2) is 0 Å². The van der Waals surface area contributed by atoms with Crippen molar-refractivity contribution in [3.8, 4) is 0 Å². The van der Waals surface area contributed by atoms with Gasteiger partial charge in [0, 0.05) is 18.1 Å². The first-order valence-electron chi connectivity index (χ1n) is 3.56. The average Bonchev–Trinajstić information content (AvgIpc) is 2.00. The molecule has 1 atom stereocenters. The molecule has 4 nitrogen and oxygen atoms in total. The fraction of sp³-hybridized carbons (Fsp3) is 0.429. The molecule has 0 aromatic heterocycles. The Kier molecular flexibility index (Phi) is 6.78. The zero-order chi connectivity index (χ0) is 11.1. The summed E-state index contributed by atoms with van der Waals surface area (Å²) in [6.45, 7) is 1.25. The van der Waals surface area contributed by atoms with Crippen molar-refractivity contribution >= 4 is 46.8 Å². The molecular formula is C7H9Cl2NO3S. The molecule has 0 heterocycles. The number of thioether (sulfide) groups is 1. The van der Waals surface area contributed by atoms with Crippen molar-refractivity contribution in [1.29, 1.82) is 0 Å². The number of aliphatic carboxylic acids is 1. The molecule has 0 fully saturated rings. The van der Waals surface area contributed by atoms with Gasteiger partial charge in [0.1, 0.15) is 10.5 Å². The molecule has 2 N–H and O–H groups in total. The van der Waals surface area contributed by atoms with Crippen LogP contribution in [-0.2, 0) is 9.59 Å². The SMILES string of the molecule is CC(=O)NC(CSC=C(Cl)Cl)C(=O)O. The average molecular weight is 258 g/mol. The molecule has 0 radical (unpaired) electrons. The molecule has 0 aliphatic rings. The fourth-order valence-corrected chi connectivity index (χ4v) is 1.65. The van der Waals surface area contributed by atoms with Crippen LogP contribution >= 0.6 is 35.0 Å². The first kappa shape index (κ1) is 13.6. The van der Waals surface area contributed by atoms with E-state index >= 15 is 0 Å². The highest BCUT2D eigenvalue weighted by atomic mass is 35.5. The van der Waals surface area contributed by atoms with Crippen LogP contribution in [-0.4, -0.2) is 28.8 Å². The second-order valence-electron chi connectivity index (χ2n) is 2.33. The van der Waals surface area contributed by atoms with E-state index in [2.05, 4.69) is 5.32 Å². The maximum absolute atomic E-state index is 10.6. The molecule has 80 valence electrons. The minimum absolute atomic E-state index is 0.0574. The number of carbonyl (C=O) groups excluding carboxylic acids is 1. The molecule has 0 saturated heterocycles. The van der Waals surface area contributed by atoms with Gasteiger partial charge in [-0.2, -0.15) is 0 Å². The minimum Gasteiger partial charge on any atom is -0.480 e. The molecular weight excluding hydrogens is 249 g/mol. The summed E-state index contributed by atoms with van der Waals surface area (Å²) in [5, 5.41) is 12.4. The molecule has 0 bridgehead atoms. The van der Waals surface area contributed by atoms with Gasteiger partial charge < -0.3 is 10.4 Å². The van der Waals surface area contributed by atoms with Crippen molar-refractivity contribution < 1.29 is 14.7 Å². The fourth-order valence-electron chi connectivity index (χ4n) is 0.627. The summed E-state index contributed by atoms with van der Waals surface area (Å²) in [6.07, 6.45) is 0. The summed E-state index contributed by atoms with van der Waals surface area (Å²) in [6, 6.07) is -0.929. The van der Waals surface area contributed by atoms with Gasteiger partial charge >= 0.3 is 5.97 Å². The Labute approximate surface area is 95.6 Å². The molecule has 1 unspecified atom stereocenters. The molecule has 0 aromatic carbocycles. The summed E-state index contributed by atoms with van der Waals surface area (Å²) >= 11 is 11.8. The second-order valence-corrected chi connectivity index (χ2v) is 4.24. The Balaban J connectivity index is 4.04. The molecule has 0 rings (SSSR count). The lowest BCUT2D eigenvalue weighted by Crippen LogP contribution is -2.41. The van der Waals surface area contributed by atoms with Crippen LogP contribution in [0.4, 0.5) is 0 Å². The van der Waals surface area contributed by atoms with Crippen LogP contribution in [0.2, 0.25) is 0 Å². The van der Waals surface area contributed by atoms with Gasteiger partial charge in [-0.1, -0.05) is 23.2 Å². The van der Waals surface area contributed by atoms with Crippen molar-refractivity contribution in [2.24, 2.45) is 0 Å². The van der Waals surface area contributed by atoms with Crippen molar-refractivity contribution in [1.82, 2.24) is 5.32 Å². The van der Waals surface area contributed by atoms with Gasteiger partial charge in [-0.25, -0.2) is 4.79 Å². The zero-order valence-corrected chi connectivity index (χ0v) is 9.62. The molecule has 0 aliphatic carbocycles. The monoisotopic (exact) mass is 257 g/mol. The third-order valence-electron chi connectivity index (χ3n) is 1.11. The normalized spacial score (nSPS) is 11.6. The number of hydrogen-bond acceptors (Lipinski definition) is 3. The van der Waals surface area contributed by atoms with Crippen LogP contribution in [0.25, 0.3) is 0 Å². The van der Waals surface area contributed by atoms with Crippen molar-refractivity contribution in [2.45, 2.75) is 13.0 Å². The first-order chi connectivity index (χ1) is 6.43. The van der Waals surface area contributed by atoms with E-state index in [1.807, 2.05) is 0 Å². The Bertz CT molecular complexity index is 253. The third kappa shape index (κ3) is 7.06. The molecule has 0 spiro atoms. The predicted octanol–water partition coefficient (Wildman–Crippen LogP) is 1.59. The van der Waals surface area contributed by atoms with E-state index in [-0.39, 0.29) is 16.2 Å². The van der Waals surface area contributed by atoms with E-state index in [1.165, 1.54) is 12.3 Å². The maximum atomic E-state index is 10.6.